The number of hydrogen-bond acceptors (Lipinski definition) is 4. The van der Waals surface area contributed by atoms with Gasteiger partial charge in [-0.1, -0.05) is 15.9 Å². The molecule has 5 nitrogen and oxygen atoms in total. The predicted octanol–water partition coefficient (Wildman–Crippen LogP) is 0.712. The molecule has 0 spiro atoms. The molecule has 0 amide bonds. The normalized spacial score (nSPS) is 15.2. The van der Waals surface area contributed by atoms with Crippen LogP contribution in [0.15, 0.2) is 22.7 Å². The summed E-state index contributed by atoms with van der Waals surface area (Å²) < 4.78 is 0.884. The maximum absolute atomic E-state index is 9.75. The van der Waals surface area contributed by atoms with Crippen molar-refractivity contribution < 1.29 is 15.3 Å². The van der Waals surface area contributed by atoms with Crippen LogP contribution in [0.1, 0.15) is 11.8 Å². The van der Waals surface area contributed by atoms with E-state index in [1.807, 2.05) is 6.07 Å². The lowest BCUT2D eigenvalue weighted by Crippen LogP contribution is -2.22. The van der Waals surface area contributed by atoms with Crippen LogP contribution in [0.4, 0.5) is 0 Å². The Morgan fingerprint density at radius 1 is 1.38 bits per heavy atom. The number of nitrogens with one attached hydrogen (secondary N) is 1. The third-order valence-electron chi connectivity index (χ3n) is 2.39. The van der Waals surface area contributed by atoms with Gasteiger partial charge < -0.3 is 15.3 Å². The molecule has 0 fully saturated rings. The first-order chi connectivity index (χ1) is 7.63. The van der Waals surface area contributed by atoms with Gasteiger partial charge in [-0.15, -0.1) is 0 Å². The molecule has 1 aromatic carbocycles. The second kappa shape index (κ2) is 4.50. The maximum Gasteiger partial charge on any atom is 0.124 e. The number of benzene rings is 1. The van der Waals surface area contributed by atoms with E-state index >= 15 is 0 Å². The van der Waals surface area contributed by atoms with Gasteiger partial charge in [0, 0.05) is 9.86 Å². The number of aliphatic hydroxyl groups excluding tert-OH is 3. The van der Waals surface area contributed by atoms with Crippen LogP contribution in [0, 0.1) is 0 Å². The second-order valence-electron chi connectivity index (χ2n) is 3.49. The number of aromatic nitrogens is 2. The molecule has 0 aliphatic carbocycles. The van der Waals surface area contributed by atoms with Gasteiger partial charge in [0.2, 0.25) is 0 Å². The third kappa shape index (κ3) is 1.97. The van der Waals surface area contributed by atoms with Crippen LogP contribution in [-0.4, -0.2) is 38.2 Å². The molecule has 86 valence electrons. The molecular formula is C10H11BrN2O3. The molecule has 0 radical (unpaired) electrons. The summed E-state index contributed by atoms with van der Waals surface area (Å²) in [5.41, 5.74) is 1.10. The van der Waals surface area contributed by atoms with Crippen molar-refractivity contribution in [3.63, 3.8) is 0 Å². The first-order valence-corrected chi connectivity index (χ1v) is 5.53. The van der Waals surface area contributed by atoms with Gasteiger partial charge in [0.05, 0.1) is 17.8 Å². The lowest BCUT2D eigenvalue weighted by atomic mass is 10.1. The van der Waals surface area contributed by atoms with E-state index in [2.05, 4.69) is 26.1 Å². The number of rotatable bonds is 3. The van der Waals surface area contributed by atoms with E-state index in [1.54, 1.807) is 12.1 Å². The zero-order chi connectivity index (χ0) is 11.7. The maximum atomic E-state index is 9.75. The fourth-order valence-corrected chi connectivity index (χ4v) is 1.87. The number of fused-ring (bicyclic) bond motifs is 1. The largest absolute Gasteiger partial charge is 0.394 e. The predicted molar refractivity (Wildman–Crippen MR) is 61.8 cm³/mol. The van der Waals surface area contributed by atoms with Crippen LogP contribution in [0.5, 0.6) is 0 Å². The van der Waals surface area contributed by atoms with Crippen molar-refractivity contribution >= 4 is 26.8 Å². The van der Waals surface area contributed by atoms with Gasteiger partial charge in [0.1, 0.15) is 12.2 Å². The van der Waals surface area contributed by atoms with Gasteiger partial charge in [-0.25, -0.2) is 0 Å². The molecule has 2 unspecified atom stereocenters. The summed E-state index contributed by atoms with van der Waals surface area (Å²) in [4.78, 5) is 0. The van der Waals surface area contributed by atoms with E-state index in [1.165, 1.54) is 0 Å². The molecule has 0 saturated heterocycles. The molecule has 6 heteroatoms. The molecule has 1 heterocycles. The summed E-state index contributed by atoms with van der Waals surface area (Å²) in [7, 11) is 0. The van der Waals surface area contributed by atoms with Crippen LogP contribution >= 0.6 is 15.9 Å². The Hall–Kier alpha value is -0.950. The molecule has 16 heavy (non-hydrogen) atoms. The Labute approximate surface area is 99.9 Å². The van der Waals surface area contributed by atoms with Crippen LogP contribution in [-0.2, 0) is 0 Å². The van der Waals surface area contributed by atoms with Crippen molar-refractivity contribution in [1.82, 2.24) is 10.2 Å². The van der Waals surface area contributed by atoms with Crippen LogP contribution in [0.25, 0.3) is 10.9 Å². The highest BCUT2D eigenvalue weighted by Crippen LogP contribution is 2.26. The van der Waals surface area contributed by atoms with E-state index in [0.29, 0.717) is 11.2 Å². The summed E-state index contributed by atoms with van der Waals surface area (Å²) in [6.07, 6.45) is -2.39. The molecule has 4 N–H and O–H groups in total. The summed E-state index contributed by atoms with van der Waals surface area (Å²) >= 11 is 3.32. The average molecular weight is 287 g/mol. The Bertz CT molecular complexity index is 500. The number of hydrogen-bond donors (Lipinski definition) is 4. The number of aliphatic hydroxyl groups is 3. The Morgan fingerprint density at radius 2 is 2.12 bits per heavy atom. The van der Waals surface area contributed by atoms with E-state index in [9.17, 15) is 10.2 Å². The molecule has 0 aliphatic rings. The minimum atomic E-state index is -1.22. The van der Waals surface area contributed by atoms with Crippen molar-refractivity contribution in [3.8, 4) is 0 Å². The van der Waals surface area contributed by atoms with E-state index in [-0.39, 0.29) is 0 Å². The van der Waals surface area contributed by atoms with Crippen molar-refractivity contribution in [2.45, 2.75) is 12.2 Å². The van der Waals surface area contributed by atoms with Crippen LogP contribution in [0.2, 0.25) is 0 Å². The molecule has 1 aromatic heterocycles. The highest BCUT2D eigenvalue weighted by molar-refractivity contribution is 9.10. The number of H-pyrrole nitrogens is 1. The van der Waals surface area contributed by atoms with E-state index < -0.39 is 18.8 Å². The molecule has 0 saturated carbocycles. The van der Waals surface area contributed by atoms with Crippen molar-refractivity contribution in [3.05, 3.63) is 28.4 Å². The molecule has 0 bridgehead atoms. The topological polar surface area (TPSA) is 89.4 Å². The lowest BCUT2D eigenvalue weighted by molar-refractivity contribution is -0.0166. The SMILES string of the molecule is OCC(O)C(O)c1[nH]nc2cc(Br)ccc12. The minimum Gasteiger partial charge on any atom is -0.394 e. The summed E-state index contributed by atoms with van der Waals surface area (Å²) in [5, 5.41) is 35.3. The summed E-state index contributed by atoms with van der Waals surface area (Å²) in [6.45, 7) is -0.502. The smallest absolute Gasteiger partial charge is 0.124 e. The third-order valence-corrected chi connectivity index (χ3v) is 2.89. The highest BCUT2D eigenvalue weighted by Gasteiger charge is 2.21. The zero-order valence-corrected chi connectivity index (χ0v) is 9.85. The summed E-state index contributed by atoms with van der Waals surface area (Å²) in [5.74, 6) is 0. The number of aromatic amines is 1. The standard InChI is InChI=1S/C10H11BrN2O3/c11-5-1-2-6-7(3-5)12-13-9(6)10(16)8(15)4-14/h1-3,8,10,14-16H,4H2,(H,12,13). The molecule has 0 aliphatic heterocycles. The number of nitrogens with zero attached hydrogens (tertiary/aromatic N) is 1. The van der Waals surface area contributed by atoms with E-state index in [0.717, 1.165) is 9.86 Å². The lowest BCUT2D eigenvalue weighted by Gasteiger charge is -2.13. The molecule has 2 rings (SSSR count). The average Bonchev–Trinajstić information content (AvgIpc) is 2.69. The summed E-state index contributed by atoms with van der Waals surface area (Å²) in [6, 6.07) is 5.40. The first kappa shape index (κ1) is 11.5. The quantitative estimate of drug-likeness (QED) is 0.669. The second-order valence-corrected chi connectivity index (χ2v) is 4.41. The van der Waals surface area contributed by atoms with E-state index in [4.69, 9.17) is 5.11 Å². The fraction of sp³-hybridized carbons (Fsp3) is 0.300. The van der Waals surface area contributed by atoms with Crippen molar-refractivity contribution in [2.24, 2.45) is 0 Å². The van der Waals surface area contributed by atoms with Gasteiger partial charge in [0.15, 0.2) is 0 Å². The van der Waals surface area contributed by atoms with Crippen LogP contribution < -0.4 is 0 Å². The Morgan fingerprint density at radius 3 is 2.81 bits per heavy atom. The minimum absolute atomic E-state index is 0.407. The van der Waals surface area contributed by atoms with Gasteiger partial charge in [0.25, 0.3) is 0 Å². The Balaban J connectivity index is 2.45. The highest BCUT2D eigenvalue weighted by atomic mass is 79.9. The van der Waals surface area contributed by atoms with Crippen LogP contribution in [0.3, 0.4) is 0 Å². The molecule has 2 aromatic rings. The van der Waals surface area contributed by atoms with Gasteiger partial charge in [-0.2, -0.15) is 5.10 Å². The molecule has 2 atom stereocenters. The van der Waals surface area contributed by atoms with Crippen molar-refractivity contribution in [1.29, 1.82) is 0 Å². The van der Waals surface area contributed by atoms with Gasteiger partial charge in [-0.3, -0.25) is 5.10 Å². The Kier molecular flexibility index (Phi) is 3.25. The molecular weight excluding hydrogens is 276 g/mol. The fourth-order valence-electron chi connectivity index (χ4n) is 1.52. The number of halogens is 1. The monoisotopic (exact) mass is 286 g/mol. The van der Waals surface area contributed by atoms with Crippen molar-refractivity contribution in [2.75, 3.05) is 6.61 Å². The van der Waals surface area contributed by atoms with Gasteiger partial charge in [-0.05, 0) is 18.2 Å². The van der Waals surface area contributed by atoms with Gasteiger partial charge >= 0.3 is 0 Å². The first-order valence-electron chi connectivity index (χ1n) is 4.74. The zero-order valence-electron chi connectivity index (χ0n) is 8.26.